The number of methoxy groups -OCH3 is 2. The number of aromatic nitrogens is 2. The second-order valence-electron chi connectivity index (χ2n) is 4.75. The van der Waals surface area contributed by atoms with Crippen molar-refractivity contribution in [3.05, 3.63) is 35.4 Å². The molecule has 2 heterocycles. The molecule has 0 N–H and O–H groups in total. The molecular formula is C16H16N2O6. The normalized spacial score (nSPS) is 15.6. The van der Waals surface area contributed by atoms with Crippen molar-refractivity contribution < 1.29 is 28.5 Å². The van der Waals surface area contributed by atoms with Gasteiger partial charge in [-0.25, -0.2) is 4.79 Å². The van der Waals surface area contributed by atoms with E-state index in [9.17, 15) is 4.79 Å². The van der Waals surface area contributed by atoms with Crippen molar-refractivity contribution >= 4 is 5.97 Å². The maximum Gasteiger partial charge on any atom is 0.345 e. The number of carbonyl (C=O) groups is 1. The molecule has 1 aromatic heterocycles. The molecule has 1 atom stereocenters. The number of ether oxygens (including phenoxy) is 5. The molecule has 1 aliphatic heterocycles. The van der Waals surface area contributed by atoms with E-state index in [1.807, 2.05) is 6.92 Å². The highest BCUT2D eigenvalue weighted by molar-refractivity contribution is 5.96. The van der Waals surface area contributed by atoms with Crippen LogP contribution in [0.25, 0.3) is 0 Å². The molecule has 1 aliphatic rings. The minimum absolute atomic E-state index is 0.00717. The van der Waals surface area contributed by atoms with Crippen LogP contribution in [0.1, 0.15) is 29.1 Å². The molecule has 126 valence electrons. The molecule has 0 saturated carbocycles. The highest BCUT2D eigenvalue weighted by Crippen LogP contribution is 2.38. The highest BCUT2D eigenvalue weighted by Gasteiger charge is 2.35. The molecule has 8 nitrogen and oxygen atoms in total. The number of carbonyl (C=O) groups excluding carboxylic acids is 1. The van der Waals surface area contributed by atoms with E-state index in [1.54, 1.807) is 18.2 Å². The van der Waals surface area contributed by atoms with E-state index in [2.05, 4.69) is 9.97 Å². The molecule has 0 fully saturated rings. The third-order valence-corrected chi connectivity index (χ3v) is 3.33. The van der Waals surface area contributed by atoms with Gasteiger partial charge in [-0.15, -0.1) is 0 Å². The Labute approximate surface area is 138 Å². The maximum atomic E-state index is 12.1. The monoisotopic (exact) mass is 332 g/mol. The Balaban J connectivity index is 1.96. The van der Waals surface area contributed by atoms with Crippen LogP contribution in [0.4, 0.5) is 0 Å². The lowest BCUT2D eigenvalue weighted by Gasteiger charge is -2.10. The first-order chi connectivity index (χ1) is 11.7. The van der Waals surface area contributed by atoms with Crippen LogP contribution in [0.3, 0.4) is 0 Å². The Hall–Kier alpha value is -2.87. The van der Waals surface area contributed by atoms with Gasteiger partial charge in [-0.1, -0.05) is 12.1 Å². The van der Waals surface area contributed by atoms with E-state index in [1.165, 1.54) is 20.3 Å². The molecule has 1 unspecified atom stereocenters. The molecule has 1 aromatic carbocycles. The summed E-state index contributed by atoms with van der Waals surface area (Å²) in [6.45, 7) is 2.24. The second kappa shape index (κ2) is 6.71. The van der Waals surface area contributed by atoms with Crippen molar-refractivity contribution in [1.29, 1.82) is 0 Å². The summed E-state index contributed by atoms with van der Waals surface area (Å²) in [5, 5.41) is 0. The first-order valence-corrected chi connectivity index (χ1v) is 7.26. The Morgan fingerprint density at radius 2 is 1.88 bits per heavy atom. The summed E-state index contributed by atoms with van der Waals surface area (Å²) in [6.07, 6.45) is -0.734. The summed E-state index contributed by atoms with van der Waals surface area (Å²) >= 11 is 0. The van der Waals surface area contributed by atoms with E-state index >= 15 is 0 Å². The molecule has 2 aromatic rings. The van der Waals surface area contributed by atoms with Gasteiger partial charge in [-0.3, -0.25) is 0 Å². The minimum Gasteiger partial charge on any atom is -0.481 e. The third-order valence-electron chi connectivity index (χ3n) is 3.33. The van der Waals surface area contributed by atoms with Gasteiger partial charge in [0.2, 0.25) is 18.1 Å². The molecule has 24 heavy (non-hydrogen) atoms. The van der Waals surface area contributed by atoms with Crippen molar-refractivity contribution in [2.45, 2.75) is 13.2 Å². The summed E-state index contributed by atoms with van der Waals surface area (Å²) in [5.41, 5.74) is 0.899. The van der Waals surface area contributed by atoms with Gasteiger partial charge >= 0.3 is 12.0 Å². The quantitative estimate of drug-likeness (QED) is 0.745. The van der Waals surface area contributed by atoms with Crippen LogP contribution in [0.15, 0.2) is 24.3 Å². The molecule has 0 spiro atoms. The molecule has 0 bridgehead atoms. The summed E-state index contributed by atoms with van der Waals surface area (Å²) < 4.78 is 26.4. The second-order valence-corrected chi connectivity index (χ2v) is 4.75. The Bertz CT molecular complexity index is 742. The predicted octanol–water partition coefficient (Wildman–Crippen LogP) is 2.49. The van der Waals surface area contributed by atoms with Gasteiger partial charge in [0.25, 0.3) is 0 Å². The minimum atomic E-state index is -0.734. The molecular weight excluding hydrogens is 316 g/mol. The summed E-state index contributed by atoms with van der Waals surface area (Å²) in [7, 11) is 2.94. The number of esters is 1. The first-order valence-electron chi connectivity index (χ1n) is 7.26. The van der Waals surface area contributed by atoms with E-state index in [-0.39, 0.29) is 23.5 Å². The van der Waals surface area contributed by atoms with E-state index in [0.29, 0.717) is 17.7 Å². The zero-order valence-electron chi connectivity index (χ0n) is 13.4. The average Bonchev–Trinajstić information content (AvgIpc) is 2.92. The van der Waals surface area contributed by atoms with Crippen LogP contribution in [-0.2, 0) is 9.47 Å². The fourth-order valence-electron chi connectivity index (χ4n) is 2.28. The van der Waals surface area contributed by atoms with Crippen LogP contribution in [-0.4, -0.2) is 36.8 Å². The van der Waals surface area contributed by atoms with Gasteiger partial charge in [0.15, 0.2) is 0 Å². The molecule has 0 aliphatic carbocycles. The zero-order chi connectivity index (χ0) is 17.1. The van der Waals surface area contributed by atoms with Crippen molar-refractivity contribution in [2.75, 3.05) is 20.8 Å². The summed E-state index contributed by atoms with van der Waals surface area (Å²) in [6, 6.07) is 6.62. The zero-order valence-corrected chi connectivity index (χ0v) is 13.4. The predicted molar refractivity (Wildman–Crippen MR) is 81.4 cm³/mol. The number of rotatable bonds is 6. The average molecular weight is 332 g/mol. The number of fused-ring (bicyclic) bond motifs is 1. The molecule has 0 saturated heterocycles. The van der Waals surface area contributed by atoms with Gasteiger partial charge in [0.05, 0.1) is 20.3 Å². The van der Waals surface area contributed by atoms with Crippen LogP contribution < -0.4 is 14.2 Å². The summed E-state index contributed by atoms with van der Waals surface area (Å²) in [5.74, 6) is 0.308. The number of nitrogens with zero attached hydrogens (tertiary/aromatic N) is 2. The standard InChI is InChI=1S/C16H16N2O6/c1-4-22-15-9-6-5-7-10(13(9)14(19)24-15)23-16-17-11(20-2)8-12(18-16)21-3/h5-8,15H,4H2,1-3H3. The number of cyclic esters (lactones) is 1. The van der Waals surface area contributed by atoms with Crippen LogP contribution in [0.2, 0.25) is 0 Å². The topological polar surface area (TPSA) is 89.0 Å². The molecule has 3 rings (SSSR count). The summed E-state index contributed by atoms with van der Waals surface area (Å²) in [4.78, 5) is 20.3. The third kappa shape index (κ3) is 2.95. The number of hydrogen-bond donors (Lipinski definition) is 0. The van der Waals surface area contributed by atoms with Crippen LogP contribution in [0.5, 0.6) is 23.5 Å². The largest absolute Gasteiger partial charge is 0.481 e. The van der Waals surface area contributed by atoms with Crippen molar-refractivity contribution in [2.24, 2.45) is 0 Å². The number of hydrogen-bond acceptors (Lipinski definition) is 8. The van der Waals surface area contributed by atoms with Crippen LogP contribution in [0, 0.1) is 0 Å². The lowest BCUT2D eigenvalue weighted by atomic mass is 10.1. The van der Waals surface area contributed by atoms with E-state index < -0.39 is 12.3 Å². The Morgan fingerprint density at radius 3 is 2.50 bits per heavy atom. The fourth-order valence-corrected chi connectivity index (χ4v) is 2.28. The SMILES string of the molecule is CCOC1OC(=O)c2c(Oc3nc(OC)cc(OC)n3)cccc21. The highest BCUT2D eigenvalue weighted by atomic mass is 16.7. The lowest BCUT2D eigenvalue weighted by Crippen LogP contribution is -2.03. The van der Waals surface area contributed by atoms with Gasteiger partial charge < -0.3 is 23.7 Å². The smallest absolute Gasteiger partial charge is 0.345 e. The molecule has 8 heteroatoms. The number of benzene rings is 1. The molecule has 0 radical (unpaired) electrons. The van der Waals surface area contributed by atoms with Gasteiger partial charge in [0.1, 0.15) is 11.3 Å². The van der Waals surface area contributed by atoms with E-state index in [0.717, 1.165) is 0 Å². The first kappa shape index (κ1) is 16.0. The lowest BCUT2D eigenvalue weighted by molar-refractivity contribution is -0.0993. The Morgan fingerprint density at radius 1 is 1.17 bits per heavy atom. The maximum absolute atomic E-state index is 12.1. The van der Waals surface area contributed by atoms with Gasteiger partial charge in [-0.2, -0.15) is 9.97 Å². The molecule has 0 amide bonds. The van der Waals surface area contributed by atoms with Crippen molar-refractivity contribution in [1.82, 2.24) is 9.97 Å². The Kier molecular flexibility index (Phi) is 4.48. The van der Waals surface area contributed by atoms with Crippen LogP contribution >= 0.6 is 0 Å². The van der Waals surface area contributed by atoms with Gasteiger partial charge in [-0.05, 0) is 13.0 Å². The van der Waals surface area contributed by atoms with Gasteiger partial charge in [0, 0.05) is 12.2 Å². The van der Waals surface area contributed by atoms with Crippen molar-refractivity contribution in [3.63, 3.8) is 0 Å². The fraction of sp³-hybridized carbons (Fsp3) is 0.312. The van der Waals surface area contributed by atoms with E-state index in [4.69, 9.17) is 23.7 Å². The van der Waals surface area contributed by atoms with Crippen molar-refractivity contribution in [3.8, 4) is 23.5 Å².